The highest BCUT2D eigenvalue weighted by molar-refractivity contribution is 6.92. The molecule has 2 nitrogen and oxygen atoms in total. The zero-order valence-electron chi connectivity index (χ0n) is 23.3. The molecule has 3 heteroatoms. The van der Waals surface area contributed by atoms with E-state index in [1.54, 1.807) is 0 Å². The van der Waals surface area contributed by atoms with Crippen LogP contribution >= 0.6 is 0 Å². The Morgan fingerprint density at radius 2 is 1.51 bits per heavy atom. The molecule has 0 amide bonds. The second kappa shape index (κ2) is 8.55. The maximum atomic E-state index is 2.59. The van der Waals surface area contributed by atoms with Crippen LogP contribution in [0.3, 0.4) is 0 Å². The van der Waals surface area contributed by atoms with Gasteiger partial charge in [-0.2, -0.15) is 0 Å². The molecule has 186 valence electrons. The number of allylic oxidation sites excluding steroid dienone is 1. The fourth-order valence-corrected chi connectivity index (χ4v) is 7.17. The summed E-state index contributed by atoms with van der Waals surface area (Å²) in [6, 6.07) is 27.2. The van der Waals surface area contributed by atoms with Crippen LogP contribution in [0, 0.1) is 20.8 Å². The Labute approximate surface area is 222 Å². The Kier molecular flexibility index (Phi) is 5.53. The molecule has 6 rings (SSSR count). The SMILES string of the molecule is C/C=C1/B2CC(C)(C)c3ccccc3C(C)N(c3ccccc3)c3cccc(c32)-n2c(C)c(C)c(C)c21. The first-order valence-electron chi connectivity index (χ1n) is 13.7. The van der Waals surface area contributed by atoms with E-state index in [-0.39, 0.29) is 11.5 Å². The van der Waals surface area contributed by atoms with Crippen LogP contribution in [0.4, 0.5) is 11.4 Å². The van der Waals surface area contributed by atoms with Gasteiger partial charge in [-0.15, -0.1) is 0 Å². The number of anilines is 2. The van der Waals surface area contributed by atoms with Crippen molar-refractivity contribution in [2.24, 2.45) is 0 Å². The van der Waals surface area contributed by atoms with Gasteiger partial charge < -0.3 is 9.47 Å². The molecule has 1 aromatic heterocycles. The molecule has 0 radical (unpaired) electrons. The normalized spacial score (nSPS) is 19.0. The lowest BCUT2D eigenvalue weighted by molar-refractivity contribution is 0.571. The molecular formula is C34H37BN2. The molecule has 0 N–H and O–H groups in total. The average Bonchev–Trinajstić information content (AvgIpc) is 3.14. The Hall–Kier alpha value is -3.46. The predicted molar refractivity (Wildman–Crippen MR) is 160 cm³/mol. The second-order valence-electron chi connectivity index (χ2n) is 11.6. The minimum absolute atomic E-state index is 0.00756. The van der Waals surface area contributed by atoms with E-state index in [1.165, 1.54) is 61.6 Å². The molecule has 3 aromatic carbocycles. The lowest BCUT2D eigenvalue weighted by atomic mass is 9.32. The summed E-state index contributed by atoms with van der Waals surface area (Å²) >= 11 is 0. The Morgan fingerprint density at radius 3 is 2.24 bits per heavy atom. The van der Waals surface area contributed by atoms with Crippen LogP contribution in [-0.4, -0.2) is 11.3 Å². The Bertz CT molecular complexity index is 1540. The largest absolute Gasteiger partial charge is 0.335 e. The third kappa shape index (κ3) is 3.40. The number of fused-ring (bicyclic) bond motifs is 3. The summed E-state index contributed by atoms with van der Waals surface area (Å²) in [6.07, 6.45) is 3.45. The topological polar surface area (TPSA) is 8.17 Å². The highest BCUT2D eigenvalue weighted by Crippen LogP contribution is 2.47. The van der Waals surface area contributed by atoms with Crippen LogP contribution in [0.1, 0.15) is 67.4 Å². The van der Waals surface area contributed by atoms with Crippen LogP contribution in [0.15, 0.2) is 78.9 Å². The van der Waals surface area contributed by atoms with E-state index in [9.17, 15) is 0 Å². The lowest BCUT2D eigenvalue weighted by Gasteiger charge is -2.38. The highest BCUT2D eigenvalue weighted by Gasteiger charge is 2.43. The number of hydrogen-bond acceptors (Lipinski definition) is 1. The zero-order chi connectivity index (χ0) is 26.1. The van der Waals surface area contributed by atoms with Gasteiger partial charge in [0.15, 0.2) is 0 Å². The standard InChI is InChI=1S/C34H37BN2/c1-8-29-33-23(3)22(2)24(4)37(33)31-20-14-19-30-32(31)35(29)21-34(6,7)28-18-13-12-17-27(28)25(5)36(30)26-15-10-9-11-16-26/h8-20,25H,21H2,1-7H3/b29-8+. The molecule has 0 saturated heterocycles. The summed E-state index contributed by atoms with van der Waals surface area (Å²) in [4.78, 5) is 2.59. The van der Waals surface area contributed by atoms with Gasteiger partial charge in [0.2, 0.25) is 6.71 Å². The molecule has 2 aliphatic rings. The van der Waals surface area contributed by atoms with Crippen molar-refractivity contribution in [1.82, 2.24) is 4.57 Å². The quantitative estimate of drug-likeness (QED) is 0.247. The first-order valence-corrected chi connectivity index (χ1v) is 13.7. The molecule has 3 heterocycles. The molecule has 0 saturated carbocycles. The van der Waals surface area contributed by atoms with Gasteiger partial charge in [0, 0.05) is 28.5 Å². The van der Waals surface area contributed by atoms with Gasteiger partial charge in [0.05, 0.1) is 6.04 Å². The van der Waals surface area contributed by atoms with Gasteiger partial charge in [0.25, 0.3) is 0 Å². The van der Waals surface area contributed by atoms with Gasteiger partial charge in [-0.3, -0.25) is 0 Å². The van der Waals surface area contributed by atoms with Gasteiger partial charge in [-0.1, -0.05) is 80.2 Å². The van der Waals surface area contributed by atoms with Crippen molar-refractivity contribution < 1.29 is 0 Å². The summed E-state index contributed by atoms with van der Waals surface area (Å²) < 4.78 is 2.54. The first kappa shape index (κ1) is 23.9. The number of hydrogen-bond donors (Lipinski definition) is 0. The van der Waals surface area contributed by atoms with E-state index in [4.69, 9.17) is 0 Å². The van der Waals surface area contributed by atoms with E-state index < -0.39 is 0 Å². The number of nitrogens with zero attached hydrogens (tertiary/aromatic N) is 2. The van der Waals surface area contributed by atoms with Crippen molar-refractivity contribution >= 4 is 29.0 Å². The highest BCUT2D eigenvalue weighted by atomic mass is 15.2. The van der Waals surface area contributed by atoms with E-state index in [0.717, 1.165) is 6.32 Å². The minimum atomic E-state index is 0.00756. The molecule has 4 aromatic rings. The number of aromatic nitrogens is 1. The summed E-state index contributed by atoms with van der Waals surface area (Å²) in [5.74, 6) is 0. The number of para-hydroxylation sites is 1. The van der Waals surface area contributed by atoms with E-state index in [0.29, 0.717) is 6.71 Å². The molecule has 0 spiro atoms. The van der Waals surface area contributed by atoms with Crippen molar-refractivity contribution in [3.05, 3.63) is 113 Å². The van der Waals surface area contributed by atoms with Crippen LogP contribution in [0.25, 0.3) is 11.2 Å². The third-order valence-corrected chi connectivity index (χ3v) is 9.16. The van der Waals surface area contributed by atoms with Crippen LogP contribution in [0.5, 0.6) is 0 Å². The van der Waals surface area contributed by atoms with Gasteiger partial charge in [0.1, 0.15) is 0 Å². The Morgan fingerprint density at radius 1 is 0.838 bits per heavy atom. The molecule has 0 bridgehead atoms. The third-order valence-electron chi connectivity index (χ3n) is 9.16. The summed E-state index contributed by atoms with van der Waals surface area (Å²) in [5, 5.41) is 0. The molecule has 0 fully saturated rings. The van der Waals surface area contributed by atoms with E-state index >= 15 is 0 Å². The van der Waals surface area contributed by atoms with Crippen LogP contribution in [0.2, 0.25) is 6.32 Å². The predicted octanol–water partition coefficient (Wildman–Crippen LogP) is 8.25. The number of rotatable bonds is 1. The monoisotopic (exact) mass is 484 g/mol. The second-order valence-corrected chi connectivity index (χ2v) is 11.6. The summed E-state index contributed by atoms with van der Waals surface area (Å²) in [7, 11) is 0. The van der Waals surface area contributed by atoms with Crippen molar-refractivity contribution in [2.75, 3.05) is 4.90 Å². The van der Waals surface area contributed by atoms with Crippen LogP contribution < -0.4 is 10.4 Å². The molecule has 0 aliphatic carbocycles. The maximum absolute atomic E-state index is 2.59. The summed E-state index contributed by atoms with van der Waals surface area (Å²) in [6.45, 7) is 16.7. The van der Waals surface area contributed by atoms with Crippen LogP contribution in [-0.2, 0) is 5.41 Å². The molecule has 1 unspecified atom stereocenters. The zero-order valence-corrected chi connectivity index (χ0v) is 23.3. The first-order chi connectivity index (χ1) is 17.8. The van der Waals surface area contributed by atoms with Gasteiger partial charge in [-0.25, -0.2) is 0 Å². The van der Waals surface area contributed by atoms with Crippen molar-refractivity contribution in [1.29, 1.82) is 0 Å². The smallest absolute Gasteiger partial charge is 0.218 e. The Balaban J connectivity index is 1.76. The van der Waals surface area contributed by atoms with E-state index in [2.05, 4.69) is 137 Å². The average molecular weight is 484 g/mol. The number of benzene rings is 3. The van der Waals surface area contributed by atoms with E-state index in [1.807, 2.05) is 0 Å². The molecule has 2 aliphatic heterocycles. The maximum Gasteiger partial charge on any atom is 0.218 e. The molecular weight excluding hydrogens is 447 g/mol. The molecule has 1 atom stereocenters. The minimum Gasteiger partial charge on any atom is -0.335 e. The molecule has 37 heavy (non-hydrogen) atoms. The lowest BCUT2D eigenvalue weighted by Crippen LogP contribution is -2.45. The fraction of sp³-hybridized carbons (Fsp3) is 0.294. The fourth-order valence-electron chi connectivity index (χ4n) is 7.17. The van der Waals surface area contributed by atoms with Gasteiger partial charge in [-0.05, 0) is 92.0 Å². The van der Waals surface area contributed by atoms with Crippen molar-refractivity contribution in [3.63, 3.8) is 0 Å². The van der Waals surface area contributed by atoms with Gasteiger partial charge >= 0.3 is 0 Å². The summed E-state index contributed by atoms with van der Waals surface area (Å²) in [5.41, 5.74) is 15.2. The van der Waals surface area contributed by atoms with Crippen molar-refractivity contribution in [2.45, 2.75) is 66.2 Å². The van der Waals surface area contributed by atoms with Crippen molar-refractivity contribution in [3.8, 4) is 5.69 Å².